The minimum atomic E-state index is -4.95. The molecule has 0 aromatic heterocycles. The van der Waals surface area contributed by atoms with Gasteiger partial charge in [-0.05, 0) is 39.8 Å². The predicted octanol–water partition coefficient (Wildman–Crippen LogP) is 4.07. The minimum absolute atomic E-state index is 0.0420. The molecular formula is C15H18F4N2O2S. The lowest BCUT2D eigenvalue weighted by Gasteiger charge is -2.19. The van der Waals surface area contributed by atoms with Gasteiger partial charge in [-0.2, -0.15) is 13.2 Å². The van der Waals surface area contributed by atoms with Crippen molar-refractivity contribution in [1.82, 2.24) is 0 Å². The average Bonchev–Trinajstić information content (AvgIpc) is 2.37. The number of carbonyl (C=O) groups is 1. The van der Waals surface area contributed by atoms with Crippen LogP contribution in [0.15, 0.2) is 16.5 Å². The average molecular weight is 366 g/mol. The summed E-state index contributed by atoms with van der Waals surface area (Å²) in [6, 6.07) is 1.62. The molecule has 9 heteroatoms. The van der Waals surface area contributed by atoms with E-state index >= 15 is 0 Å². The van der Waals surface area contributed by atoms with Crippen molar-refractivity contribution in [3.8, 4) is 0 Å². The van der Waals surface area contributed by atoms with E-state index in [-0.39, 0.29) is 11.3 Å². The number of hydrogen-bond donors (Lipinski definition) is 1. The van der Waals surface area contributed by atoms with E-state index in [2.05, 4.69) is 4.40 Å². The molecule has 0 fully saturated rings. The summed E-state index contributed by atoms with van der Waals surface area (Å²) >= 11 is -1.69. The molecule has 1 amide bonds. The summed E-state index contributed by atoms with van der Waals surface area (Å²) in [4.78, 5) is 11.1. The third-order valence-electron chi connectivity index (χ3n) is 2.85. The van der Waals surface area contributed by atoms with E-state index in [4.69, 9.17) is 0 Å². The van der Waals surface area contributed by atoms with Crippen LogP contribution >= 0.6 is 0 Å². The van der Waals surface area contributed by atoms with Crippen molar-refractivity contribution in [3.05, 3.63) is 29.1 Å². The fraction of sp³-hybridized carbons (Fsp3) is 0.467. The van der Waals surface area contributed by atoms with Crippen molar-refractivity contribution < 1.29 is 26.9 Å². The molecule has 0 spiro atoms. The maximum atomic E-state index is 14.0. The van der Waals surface area contributed by atoms with Crippen molar-refractivity contribution in [2.75, 3.05) is 5.32 Å². The summed E-state index contributed by atoms with van der Waals surface area (Å²) in [5, 5.41) is 2.02. The normalized spacial score (nSPS) is 14.5. The van der Waals surface area contributed by atoms with Crippen LogP contribution in [0.2, 0.25) is 0 Å². The topological polar surface area (TPSA) is 64.5 Å². The number of halogens is 4. The first-order valence-corrected chi connectivity index (χ1v) is 8.00. The molecule has 134 valence electrons. The zero-order valence-electron chi connectivity index (χ0n) is 13.8. The molecule has 0 unspecified atom stereocenters. The van der Waals surface area contributed by atoms with Crippen LogP contribution in [0.3, 0.4) is 0 Å². The molecule has 0 aliphatic carbocycles. The number of alkyl halides is 3. The second kappa shape index (κ2) is 7.10. The number of amides is 1. The monoisotopic (exact) mass is 366 g/mol. The first-order chi connectivity index (χ1) is 10.7. The number of benzene rings is 1. The van der Waals surface area contributed by atoms with E-state index in [1.54, 1.807) is 20.8 Å². The smallest absolute Gasteiger partial charge is 0.419 e. The minimum Gasteiger partial charge on any atom is -0.591 e. The van der Waals surface area contributed by atoms with E-state index in [0.29, 0.717) is 6.07 Å². The fourth-order valence-corrected chi connectivity index (χ4v) is 2.26. The lowest BCUT2D eigenvalue weighted by Crippen LogP contribution is -2.26. The van der Waals surface area contributed by atoms with Crippen molar-refractivity contribution in [2.45, 2.75) is 45.5 Å². The van der Waals surface area contributed by atoms with Gasteiger partial charge in [-0.3, -0.25) is 4.79 Å². The summed E-state index contributed by atoms with van der Waals surface area (Å²) < 4.78 is 68.2. The molecule has 24 heavy (non-hydrogen) atoms. The van der Waals surface area contributed by atoms with Gasteiger partial charge in [0.1, 0.15) is 16.1 Å². The molecule has 0 aliphatic rings. The summed E-state index contributed by atoms with van der Waals surface area (Å²) in [6.07, 6.45) is -4.95. The standard InChI is InChI=1S/C15H18F4N2O2S/c1-8(21-24(23)14(3,4)5)10-6-11(15(17,18)19)13(16)12(7-10)20-9(2)22/h6-7H,1-5H3,(H,20,22)/b21-8+/t24-/m1/s1. The second-order valence-corrected chi connectivity index (χ2v) is 8.01. The van der Waals surface area contributed by atoms with Crippen LogP contribution in [0.1, 0.15) is 45.7 Å². The SMILES string of the molecule is CC(=O)Nc1cc(/C(C)=N/[S@+]([O-])C(C)(C)C)cc(C(F)(F)F)c1F. The third-order valence-corrected chi connectivity index (χ3v) is 4.34. The van der Waals surface area contributed by atoms with E-state index in [1.165, 1.54) is 6.92 Å². The Morgan fingerprint density at radius 3 is 2.17 bits per heavy atom. The molecule has 4 nitrogen and oxygen atoms in total. The molecular weight excluding hydrogens is 348 g/mol. The molecule has 0 saturated carbocycles. The van der Waals surface area contributed by atoms with Crippen molar-refractivity contribution >= 4 is 28.7 Å². The van der Waals surface area contributed by atoms with Crippen LogP contribution in [0.25, 0.3) is 0 Å². The highest BCUT2D eigenvalue weighted by Gasteiger charge is 2.36. The van der Waals surface area contributed by atoms with Crippen LogP contribution in [0.5, 0.6) is 0 Å². The summed E-state index contributed by atoms with van der Waals surface area (Å²) in [7, 11) is 0. The highest BCUT2D eigenvalue weighted by atomic mass is 32.2. The van der Waals surface area contributed by atoms with Crippen LogP contribution in [-0.4, -0.2) is 20.9 Å². The number of hydrogen-bond acceptors (Lipinski definition) is 3. The number of rotatable bonds is 3. The quantitative estimate of drug-likeness (QED) is 0.498. The zero-order chi connectivity index (χ0) is 18.9. The second-order valence-electron chi connectivity index (χ2n) is 6.10. The van der Waals surface area contributed by atoms with E-state index < -0.39 is 45.3 Å². The van der Waals surface area contributed by atoms with Crippen molar-refractivity contribution in [2.24, 2.45) is 4.40 Å². The fourth-order valence-electron chi connectivity index (χ4n) is 1.63. The lowest BCUT2D eigenvalue weighted by molar-refractivity contribution is -0.140. The molecule has 0 radical (unpaired) electrons. The van der Waals surface area contributed by atoms with Crippen LogP contribution in [0, 0.1) is 5.82 Å². The Balaban J connectivity index is 3.48. The number of nitrogens with zero attached hydrogens (tertiary/aromatic N) is 1. The van der Waals surface area contributed by atoms with Gasteiger partial charge in [0.15, 0.2) is 5.82 Å². The van der Waals surface area contributed by atoms with Gasteiger partial charge in [-0.25, -0.2) is 4.39 Å². The van der Waals surface area contributed by atoms with E-state index in [9.17, 15) is 26.9 Å². The first-order valence-electron chi connectivity index (χ1n) is 6.89. The number of anilines is 1. The van der Waals surface area contributed by atoms with Gasteiger partial charge in [0.25, 0.3) is 0 Å². The molecule has 1 atom stereocenters. The van der Waals surface area contributed by atoms with Gasteiger partial charge in [-0.15, -0.1) is 0 Å². The van der Waals surface area contributed by atoms with Gasteiger partial charge in [0, 0.05) is 12.5 Å². The Bertz CT molecular complexity index is 667. The lowest BCUT2D eigenvalue weighted by atomic mass is 10.0. The molecule has 0 saturated heterocycles. The molecule has 0 bridgehead atoms. The largest absolute Gasteiger partial charge is 0.591 e. The van der Waals surface area contributed by atoms with Gasteiger partial charge in [-0.1, -0.05) is 4.40 Å². The third kappa shape index (κ3) is 5.20. The maximum absolute atomic E-state index is 14.0. The Hall–Kier alpha value is -1.61. The van der Waals surface area contributed by atoms with Crippen LogP contribution < -0.4 is 5.32 Å². The van der Waals surface area contributed by atoms with Gasteiger partial charge < -0.3 is 9.87 Å². The number of nitrogens with one attached hydrogen (secondary N) is 1. The molecule has 1 aromatic carbocycles. The van der Waals surface area contributed by atoms with Crippen LogP contribution in [-0.2, 0) is 22.3 Å². The molecule has 1 rings (SSSR count). The molecule has 1 aromatic rings. The van der Waals surface area contributed by atoms with Crippen molar-refractivity contribution in [1.29, 1.82) is 0 Å². The summed E-state index contributed by atoms with van der Waals surface area (Å²) in [5.41, 5.74) is -2.17. The zero-order valence-corrected chi connectivity index (χ0v) is 14.7. The molecule has 0 heterocycles. The first kappa shape index (κ1) is 20.4. The molecule has 0 aliphatic heterocycles. The molecule has 1 N–H and O–H groups in total. The Kier molecular flexibility index (Phi) is 6.05. The Morgan fingerprint density at radius 2 is 1.75 bits per heavy atom. The Labute approximate surface area is 140 Å². The van der Waals surface area contributed by atoms with Crippen LogP contribution in [0.4, 0.5) is 23.2 Å². The predicted molar refractivity (Wildman–Crippen MR) is 85.8 cm³/mol. The van der Waals surface area contributed by atoms with E-state index in [0.717, 1.165) is 13.0 Å². The maximum Gasteiger partial charge on any atom is 0.419 e. The highest BCUT2D eigenvalue weighted by Crippen LogP contribution is 2.35. The number of carbonyl (C=O) groups excluding carboxylic acids is 1. The van der Waals surface area contributed by atoms with Crippen molar-refractivity contribution in [3.63, 3.8) is 0 Å². The summed E-state index contributed by atoms with van der Waals surface area (Å²) in [5.74, 6) is -2.29. The highest BCUT2D eigenvalue weighted by molar-refractivity contribution is 7.91. The van der Waals surface area contributed by atoms with Gasteiger partial charge in [0.2, 0.25) is 5.91 Å². The Morgan fingerprint density at radius 1 is 1.21 bits per heavy atom. The summed E-state index contributed by atoms with van der Waals surface area (Å²) in [6.45, 7) is 7.40. The van der Waals surface area contributed by atoms with Gasteiger partial charge >= 0.3 is 6.18 Å². The van der Waals surface area contributed by atoms with E-state index in [1.807, 2.05) is 5.32 Å². The van der Waals surface area contributed by atoms with Gasteiger partial charge in [0.05, 0.1) is 17.0 Å².